The van der Waals surface area contributed by atoms with Crippen LogP contribution in [-0.4, -0.2) is 37.1 Å². The first-order valence-electron chi connectivity index (χ1n) is 6.11. The zero-order chi connectivity index (χ0) is 13.8. The molecule has 0 amide bonds. The summed E-state index contributed by atoms with van der Waals surface area (Å²) in [6.07, 6.45) is 5.25. The number of esters is 1. The molecular formula is C15H18N2O2. The summed E-state index contributed by atoms with van der Waals surface area (Å²) in [5.41, 5.74) is 3.30. The summed E-state index contributed by atoms with van der Waals surface area (Å²) in [5, 5.41) is 1.15. The molecule has 1 aromatic heterocycles. The summed E-state index contributed by atoms with van der Waals surface area (Å²) in [6, 6.07) is 5.99. The van der Waals surface area contributed by atoms with Gasteiger partial charge in [0.25, 0.3) is 0 Å². The Kier molecular flexibility index (Phi) is 4.02. The molecule has 4 nitrogen and oxygen atoms in total. The summed E-state index contributed by atoms with van der Waals surface area (Å²) in [6.45, 7) is 0.850. The van der Waals surface area contributed by atoms with Gasteiger partial charge in [-0.3, -0.25) is 0 Å². The lowest BCUT2D eigenvalue weighted by Gasteiger charge is -2.09. The van der Waals surface area contributed by atoms with Gasteiger partial charge in [-0.15, -0.1) is 0 Å². The highest BCUT2D eigenvalue weighted by molar-refractivity contribution is 5.95. The molecule has 2 aromatic rings. The van der Waals surface area contributed by atoms with E-state index in [4.69, 9.17) is 0 Å². The van der Waals surface area contributed by atoms with E-state index in [0.717, 1.165) is 23.0 Å². The van der Waals surface area contributed by atoms with Gasteiger partial charge in [0.05, 0.1) is 7.11 Å². The molecule has 100 valence electrons. The molecule has 0 aliphatic rings. The van der Waals surface area contributed by atoms with E-state index in [9.17, 15) is 4.79 Å². The fraction of sp³-hybridized carbons (Fsp3) is 0.267. The van der Waals surface area contributed by atoms with E-state index in [0.29, 0.717) is 0 Å². The molecule has 4 heteroatoms. The Morgan fingerprint density at radius 3 is 2.89 bits per heavy atom. The lowest BCUT2D eigenvalue weighted by atomic mass is 10.1. The molecule has 0 aliphatic heterocycles. The van der Waals surface area contributed by atoms with E-state index in [-0.39, 0.29) is 5.97 Å². The van der Waals surface area contributed by atoms with Crippen LogP contribution in [-0.2, 0) is 16.1 Å². The van der Waals surface area contributed by atoms with Crippen LogP contribution in [0, 0.1) is 0 Å². The number of benzene rings is 1. The number of nitrogens with zero attached hydrogens (tertiary/aromatic N) is 1. The molecule has 1 aromatic carbocycles. The molecule has 0 bridgehead atoms. The number of methoxy groups -OCH3 is 1. The monoisotopic (exact) mass is 258 g/mol. The van der Waals surface area contributed by atoms with E-state index in [2.05, 4.69) is 14.6 Å². The number of aromatic nitrogens is 1. The van der Waals surface area contributed by atoms with Gasteiger partial charge in [0.15, 0.2) is 0 Å². The van der Waals surface area contributed by atoms with Gasteiger partial charge in [-0.1, -0.05) is 12.1 Å². The lowest BCUT2D eigenvalue weighted by molar-refractivity contribution is -0.134. The van der Waals surface area contributed by atoms with Crippen molar-refractivity contribution in [2.75, 3.05) is 21.2 Å². The highest BCUT2D eigenvalue weighted by atomic mass is 16.5. The van der Waals surface area contributed by atoms with Crippen LogP contribution < -0.4 is 0 Å². The predicted molar refractivity (Wildman–Crippen MR) is 76.7 cm³/mol. The summed E-state index contributed by atoms with van der Waals surface area (Å²) in [7, 11) is 5.44. The van der Waals surface area contributed by atoms with Gasteiger partial charge in [0, 0.05) is 29.7 Å². The fourth-order valence-corrected chi connectivity index (χ4v) is 2.12. The number of ether oxygens (including phenoxy) is 1. The molecule has 0 saturated carbocycles. The average molecular weight is 258 g/mol. The number of aromatic amines is 1. The van der Waals surface area contributed by atoms with Gasteiger partial charge in [-0.25, -0.2) is 4.79 Å². The van der Waals surface area contributed by atoms with Crippen molar-refractivity contribution in [3.05, 3.63) is 41.6 Å². The Morgan fingerprint density at radius 1 is 1.42 bits per heavy atom. The summed E-state index contributed by atoms with van der Waals surface area (Å²) in [5.74, 6) is -0.346. The van der Waals surface area contributed by atoms with Crippen molar-refractivity contribution in [1.29, 1.82) is 0 Å². The molecule has 0 atom stereocenters. The number of nitrogens with one attached hydrogen (secondary N) is 1. The third-order valence-electron chi connectivity index (χ3n) is 2.91. The standard InChI is InChI=1S/C15H18N2O2/c1-17(2)10-12-9-16-13-6-4-5-11(15(12)13)7-8-14(18)19-3/h4-9,16H,10H2,1-3H3/b8-7+. The molecule has 0 unspecified atom stereocenters. The average Bonchev–Trinajstić information content (AvgIpc) is 2.79. The maximum atomic E-state index is 11.2. The van der Waals surface area contributed by atoms with E-state index < -0.39 is 0 Å². The quantitative estimate of drug-likeness (QED) is 0.676. The minimum absolute atomic E-state index is 0.346. The van der Waals surface area contributed by atoms with Crippen molar-refractivity contribution in [3.8, 4) is 0 Å². The maximum Gasteiger partial charge on any atom is 0.330 e. The smallest absolute Gasteiger partial charge is 0.330 e. The minimum atomic E-state index is -0.346. The molecule has 0 saturated heterocycles. The van der Waals surface area contributed by atoms with E-state index in [1.54, 1.807) is 6.08 Å². The van der Waals surface area contributed by atoms with E-state index in [1.165, 1.54) is 18.7 Å². The summed E-state index contributed by atoms with van der Waals surface area (Å²) >= 11 is 0. The Labute approximate surface area is 112 Å². The second-order valence-electron chi connectivity index (χ2n) is 4.68. The maximum absolute atomic E-state index is 11.2. The van der Waals surface area contributed by atoms with Crippen molar-refractivity contribution in [2.24, 2.45) is 0 Å². The van der Waals surface area contributed by atoms with Gasteiger partial charge in [-0.2, -0.15) is 0 Å². The van der Waals surface area contributed by atoms with Crippen LogP contribution in [0.4, 0.5) is 0 Å². The van der Waals surface area contributed by atoms with Gasteiger partial charge in [-0.05, 0) is 37.4 Å². The zero-order valence-corrected chi connectivity index (χ0v) is 11.4. The minimum Gasteiger partial charge on any atom is -0.466 e. The van der Waals surface area contributed by atoms with E-state index in [1.807, 2.05) is 38.5 Å². The largest absolute Gasteiger partial charge is 0.466 e. The van der Waals surface area contributed by atoms with Gasteiger partial charge < -0.3 is 14.6 Å². The predicted octanol–water partition coefficient (Wildman–Crippen LogP) is 2.42. The number of carbonyl (C=O) groups excluding carboxylic acids is 1. The molecule has 0 fully saturated rings. The third kappa shape index (κ3) is 3.03. The van der Waals surface area contributed by atoms with Gasteiger partial charge in [0.2, 0.25) is 0 Å². The molecule has 1 N–H and O–H groups in total. The lowest BCUT2D eigenvalue weighted by Crippen LogP contribution is -2.10. The van der Waals surface area contributed by atoms with Crippen molar-refractivity contribution < 1.29 is 9.53 Å². The molecule has 0 radical (unpaired) electrons. The first-order chi connectivity index (χ1) is 9.11. The first-order valence-corrected chi connectivity index (χ1v) is 6.11. The van der Waals surface area contributed by atoms with Crippen LogP contribution in [0.15, 0.2) is 30.5 Å². The number of hydrogen-bond acceptors (Lipinski definition) is 3. The number of fused-ring (bicyclic) bond motifs is 1. The zero-order valence-electron chi connectivity index (χ0n) is 11.4. The molecule has 2 rings (SSSR count). The van der Waals surface area contributed by atoms with Crippen LogP contribution in [0.2, 0.25) is 0 Å². The highest BCUT2D eigenvalue weighted by Gasteiger charge is 2.07. The van der Waals surface area contributed by atoms with Crippen molar-refractivity contribution in [3.63, 3.8) is 0 Å². The van der Waals surface area contributed by atoms with Crippen LogP contribution >= 0.6 is 0 Å². The second-order valence-corrected chi connectivity index (χ2v) is 4.68. The van der Waals surface area contributed by atoms with Crippen molar-refractivity contribution in [2.45, 2.75) is 6.54 Å². The van der Waals surface area contributed by atoms with Crippen LogP contribution in [0.1, 0.15) is 11.1 Å². The summed E-state index contributed by atoms with van der Waals surface area (Å²) < 4.78 is 4.62. The van der Waals surface area contributed by atoms with Crippen LogP contribution in [0.3, 0.4) is 0 Å². The van der Waals surface area contributed by atoms with E-state index >= 15 is 0 Å². The highest BCUT2D eigenvalue weighted by Crippen LogP contribution is 2.24. The molecule has 0 spiro atoms. The normalized spacial score (nSPS) is 11.6. The second kappa shape index (κ2) is 5.71. The summed E-state index contributed by atoms with van der Waals surface area (Å²) in [4.78, 5) is 16.6. The third-order valence-corrected chi connectivity index (χ3v) is 2.91. The van der Waals surface area contributed by atoms with Crippen LogP contribution in [0.5, 0.6) is 0 Å². The number of rotatable bonds is 4. The van der Waals surface area contributed by atoms with Crippen molar-refractivity contribution in [1.82, 2.24) is 9.88 Å². The Morgan fingerprint density at radius 2 is 2.21 bits per heavy atom. The molecular weight excluding hydrogens is 240 g/mol. The topological polar surface area (TPSA) is 45.3 Å². The SMILES string of the molecule is COC(=O)/C=C/c1cccc2[nH]cc(CN(C)C)c12. The number of carbonyl (C=O) groups is 1. The fourth-order valence-electron chi connectivity index (χ4n) is 2.12. The van der Waals surface area contributed by atoms with Crippen molar-refractivity contribution >= 4 is 22.9 Å². The molecule has 1 heterocycles. The van der Waals surface area contributed by atoms with Gasteiger partial charge in [0.1, 0.15) is 0 Å². The Bertz CT molecular complexity index is 612. The molecule has 19 heavy (non-hydrogen) atoms. The Hall–Kier alpha value is -2.07. The first kappa shape index (κ1) is 13.4. The number of H-pyrrole nitrogens is 1. The van der Waals surface area contributed by atoms with Gasteiger partial charge >= 0.3 is 5.97 Å². The molecule has 0 aliphatic carbocycles. The Balaban J connectivity index is 2.45. The number of hydrogen-bond donors (Lipinski definition) is 1. The van der Waals surface area contributed by atoms with Crippen LogP contribution in [0.25, 0.3) is 17.0 Å².